The van der Waals surface area contributed by atoms with Crippen LogP contribution in [0.15, 0.2) is 158 Å². The Bertz CT molecular complexity index is 2740. The Hall–Kier alpha value is -5.64. The summed E-state index contributed by atoms with van der Waals surface area (Å²) in [5.74, 6) is 0. The first-order valence-corrected chi connectivity index (χ1v) is 16.2. The van der Waals surface area contributed by atoms with Crippen molar-refractivity contribution in [2.24, 2.45) is 0 Å². The minimum Gasteiger partial charge on any atom is -0.309 e. The van der Waals surface area contributed by atoms with E-state index in [0.29, 0.717) is 0 Å². The molecule has 2 nitrogen and oxygen atoms in total. The molecule has 0 unspecified atom stereocenters. The number of fused-ring (bicyclic) bond motifs is 10. The molecular formula is C42H26N2S. The highest BCUT2D eigenvalue weighted by Crippen LogP contribution is 2.45. The van der Waals surface area contributed by atoms with Gasteiger partial charge in [0.2, 0.25) is 0 Å². The zero-order chi connectivity index (χ0) is 29.5. The van der Waals surface area contributed by atoms with Crippen LogP contribution >= 0.6 is 11.3 Å². The lowest BCUT2D eigenvalue weighted by molar-refractivity contribution is 1.18. The standard InChI is InChI=1S/C42H26N2S/c1-2-11-27(12-3-1)28-21-23-29(24-22-28)43-36-18-8-5-15-34(36)40-37(43)26-25-32-30-13-4-7-17-35(30)44(41(32)40)38-19-10-16-33-31-14-6-9-20-39(31)45-42(33)38/h1-26H. The molecule has 0 saturated carbocycles. The molecule has 0 fully saturated rings. The van der Waals surface area contributed by atoms with Crippen LogP contribution in [0.2, 0.25) is 0 Å². The summed E-state index contributed by atoms with van der Waals surface area (Å²) in [4.78, 5) is 0. The summed E-state index contributed by atoms with van der Waals surface area (Å²) in [6.07, 6.45) is 0. The first-order valence-electron chi connectivity index (χ1n) is 15.4. The molecule has 3 heterocycles. The van der Waals surface area contributed by atoms with Gasteiger partial charge in [0.15, 0.2) is 0 Å². The second kappa shape index (κ2) is 9.43. The monoisotopic (exact) mass is 590 g/mol. The number of hydrogen-bond donors (Lipinski definition) is 0. The van der Waals surface area contributed by atoms with Gasteiger partial charge in [0, 0.05) is 42.7 Å². The molecule has 0 atom stereocenters. The highest BCUT2D eigenvalue weighted by atomic mass is 32.1. The number of rotatable bonds is 3. The van der Waals surface area contributed by atoms with E-state index in [9.17, 15) is 0 Å². The van der Waals surface area contributed by atoms with Crippen LogP contribution in [0, 0.1) is 0 Å². The summed E-state index contributed by atoms with van der Waals surface area (Å²) in [7, 11) is 0. The molecule has 0 saturated heterocycles. The second-order valence-electron chi connectivity index (χ2n) is 11.7. The lowest BCUT2D eigenvalue weighted by Gasteiger charge is -2.11. The summed E-state index contributed by atoms with van der Waals surface area (Å²) in [6, 6.07) is 57.5. The van der Waals surface area contributed by atoms with Crippen molar-refractivity contribution in [3.05, 3.63) is 158 Å². The number of benzene rings is 7. The number of aromatic nitrogens is 2. The van der Waals surface area contributed by atoms with Crippen molar-refractivity contribution >= 4 is 75.1 Å². The van der Waals surface area contributed by atoms with Gasteiger partial charge >= 0.3 is 0 Å². The van der Waals surface area contributed by atoms with Gasteiger partial charge in [-0.25, -0.2) is 0 Å². The molecular weight excluding hydrogens is 565 g/mol. The molecule has 0 radical (unpaired) electrons. The van der Waals surface area contributed by atoms with Crippen LogP contribution in [0.3, 0.4) is 0 Å². The second-order valence-corrected chi connectivity index (χ2v) is 12.8. The van der Waals surface area contributed by atoms with Crippen molar-refractivity contribution in [1.82, 2.24) is 9.13 Å². The number of thiophene rings is 1. The third-order valence-corrected chi connectivity index (χ3v) is 10.5. The quantitative estimate of drug-likeness (QED) is 0.194. The molecule has 7 aromatic carbocycles. The maximum Gasteiger partial charge on any atom is 0.0641 e. The predicted molar refractivity (Wildman–Crippen MR) is 193 cm³/mol. The molecule has 0 spiro atoms. The Balaban J connectivity index is 1.33. The van der Waals surface area contributed by atoms with Gasteiger partial charge in [0.05, 0.1) is 32.5 Å². The largest absolute Gasteiger partial charge is 0.309 e. The van der Waals surface area contributed by atoms with Crippen LogP contribution in [0.1, 0.15) is 0 Å². The van der Waals surface area contributed by atoms with Crippen LogP contribution in [0.4, 0.5) is 0 Å². The van der Waals surface area contributed by atoms with E-state index in [1.165, 1.54) is 80.6 Å². The van der Waals surface area contributed by atoms with Gasteiger partial charge in [0.25, 0.3) is 0 Å². The van der Waals surface area contributed by atoms with E-state index in [1.54, 1.807) is 0 Å². The normalized spacial score (nSPS) is 12.0. The van der Waals surface area contributed by atoms with Gasteiger partial charge in [-0.1, -0.05) is 115 Å². The molecule has 10 rings (SSSR count). The van der Waals surface area contributed by atoms with E-state index in [-0.39, 0.29) is 0 Å². The summed E-state index contributed by atoms with van der Waals surface area (Å²) >= 11 is 1.89. The van der Waals surface area contributed by atoms with Crippen molar-refractivity contribution in [1.29, 1.82) is 0 Å². The third kappa shape index (κ3) is 3.50. The smallest absolute Gasteiger partial charge is 0.0641 e. The van der Waals surface area contributed by atoms with Crippen molar-refractivity contribution in [3.8, 4) is 22.5 Å². The first-order chi connectivity index (χ1) is 22.3. The molecule has 3 heteroatoms. The molecule has 0 amide bonds. The molecule has 10 aromatic rings. The number of nitrogens with zero attached hydrogens (tertiary/aromatic N) is 2. The highest BCUT2D eigenvalue weighted by Gasteiger charge is 2.22. The fourth-order valence-electron chi connectivity index (χ4n) is 7.38. The molecule has 3 aromatic heterocycles. The zero-order valence-electron chi connectivity index (χ0n) is 24.3. The Labute approximate surface area is 263 Å². The summed E-state index contributed by atoms with van der Waals surface area (Å²) in [5.41, 5.74) is 9.76. The molecule has 0 aliphatic rings. The van der Waals surface area contributed by atoms with Gasteiger partial charge in [-0.15, -0.1) is 11.3 Å². The minimum atomic E-state index is 1.16. The fraction of sp³-hybridized carbons (Fsp3) is 0. The van der Waals surface area contributed by atoms with Crippen molar-refractivity contribution < 1.29 is 0 Å². The zero-order valence-corrected chi connectivity index (χ0v) is 25.1. The van der Waals surface area contributed by atoms with E-state index < -0.39 is 0 Å². The Kier molecular flexibility index (Phi) is 5.19. The minimum absolute atomic E-state index is 1.16. The number of hydrogen-bond acceptors (Lipinski definition) is 1. The van der Waals surface area contributed by atoms with Crippen molar-refractivity contribution in [2.45, 2.75) is 0 Å². The SMILES string of the molecule is c1ccc(-c2ccc(-n3c4ccccc4c4c3ccc3c5ccccc5n(-c5cccc6c5sc5ccccc56)c34)cc2)cc1. The van der Waals surface area contributed by atoms with Gasteiger partial charge in [-0.2, -0.15) is 0 Å². The van der Waals surface area contributed by atoms with Crippen molar-refractivity contribution in [2.75, 3.05) is 0 Å². The fourth-order valence-corrected chi connectivity index (χ4v) is 8.59. The average molecular weight is 591 g/mol. The van der Waals surface area contributed by atoms with Crippen LogP contribution in [0.5, 0.6) is 0 Å². The molecule has 0 bridgehead atoms. The van der Waals surface area contributed by atoms with E-state index in [4.69, 9.17) is 0 Å². The van der Waals surface area contributed by atoms with E-state index in [2.05, 4.69) is 167 Å². The molecule has 45 heavy (non-hydrogen) atoms. The Morgan fingerprint density at radius 1 is 0.378 bits per heavy atom. The Morgan fingerprint density at radius 2 is 1.02 bits per heavy atom. The van der Waals surface area contributed by atoms with Gasteiger partial charge < -0.3 is 9.13 Å². The van der Waals surface area contributed by atoms with Gasteiger partial charge in [0.1, 0.15) is 0 Å². The predicted octanol–water partition coefficient (Wildman–Crippen LogP) is 11.9. The molecule has 0 N–H and O–H groups in total. The van der Waals surface area contributed by atoms with Crippen LogP contribution in [0.25, 0.3) is 86.3 Å². The number of para-hydroxylation sites is 2. The summed E-state index contributed by atoms with van der Waals surface area (Å²) in [5, 5.41) is 7.73. The third-order valence-electron chi connectivity index (χ3n) is 9.33. The van der Waals surface area contributed by atoms with Gasteiger partial charge in [-0.3, -0.25) is 0 Å². The Morgan fingerprint density at radius 3 is 1.84 bits per heavy atom. The molecule has 0 aliphatic heterocycles. The van der Waals surface area contributed by atoms with E-state index in [1.807, 2.05) is 11.3 Å². The van der Waals surface area contributed by atoms with Crippen LogP contribution < -0.4 is 0 Å². The first kappa shape index (κ1) is 24.8. The lowest BCUT2D eigenvalue weighted by Crippen LogP contribution is -1.95. The van der Waals surface area contributed by atoms with Crippen LogP contribution in [-0.2, 0) is 0 Å². The van der Waals surface area contributed by atoms with E-state index in [0.717, 1.165) is 5.69 Å². The topological polar surface area (TPSA) is 9.86 Å². The summed E-state index contributed by atoms with van der Waals surface area (Å²) < 4.78 is 7.60. The van der Waals surface area contributed by atoms with Gasteiger partial charge in [-0.05, 0) is 53.6 Å². The van der Waals surface area contributed by atoms with Crippen LogP contribution in [-0.4, -0.2) is 9.13 Å². The summed E-state index contributed by atoms with van der Waals surface area (Å²) in [6.45, 7) is 0. The molecule has 210 valence electrons. The average Bonchev–Trinajstić information content (AvgIpc) is 3.76. The highest BCUT2D eigenvalue weighted by molar-refractivity contribution is 7.26. The molecule has 0 aliphatic carbocycles. The maximum atomic E-state index is 2.53. The maximum absolute atomic E-state index is 2.53. The van der Waals surface area contributed by atoms with Crippen molar-refractivity contribution in [3.63, 3.8) is 0 Å². The van der Waals surface area contributed by atoms with E-state index >= 15 is 0 Å². The lowest BCUT2D eigenvalue weighted by atomic mass is 10.1.